The Labute approximate surface area is 84.3 Å². The Bertz CT molecular complexity index is 245. The molecule has 0 saturated carbocycles. The standard InChI is InChI=1S/C8H14F2O3S/c1-5-13-6(11)8(9,10)14(12)7(2,3)4/h5H2,1-4H3. The van der Waals surface area contributed by atoms with E-state index in [1.165, 1.54) is 27.7 Å². The molecule has 0 aromatic carbocycles. The SMILES string of the molecule is CCOC(=O)C(F)(F)S(=O)C(C)(C)C. The number of rotatable bonds is 3. The topological polar surface area (TPSA) is 43.4 Å². The lowest BCUT2D eigenvalue weighted by Gasteiger charge is -2.23. The van der Waals surface area contributed by atoms with Crippen molar-refractivity contribution >= 4 is 16.8 Å². The fraction of sp³-hybridized carbons (Fsp3) is 0.875. The van der Waals surface area contributed by atoms with E-state index in [1.807, 2.05) is 0 Å². The third-order valence-corrected chi connectivity index (χ3v) is 3.05. The highest BCUT2D eigenvalue weighted by Gasteiger charge is 2.51. The molecule has 0 aliphatic heterocycles. The van der Waals surface area contributed by atoms with Gasteiger partial charge in [0.05, 0.1) is 6.61 Å². The van der Waals surface area contributed by atoms with Gasteiger partial charge in [0.1, 0.15) is 10.8 Å². The summed E-state index contributed by atoms with van der Waals surface area (Å²) in [5.74, 6) is -1.73. The number of carbonyl (C=O) groups is 1. The minimum atomic E-state index is -3.94. The Morgan fingerprint density at radius 3 is 2.07 bits per heavy atom. The highest BCUT2D eigenvalue weighted by Crippen LogP contribution is 2.29. The Morgan fingerprint density at radius 2 is 1.79 bits per heavy atom. The molecule has 0 heterocycles. The monoisotopic (exact) mass is 228 g/mol. The molecule has 0 bridgehead atoms. The minimum absolute atomic E-state index is 0.157. The molecule has 0 spiro atoms. The van der Waals surface area contributed by atoms with Gasteiger partial charge in [0.2, 0.25) is 0 Å². The van der Waals surface area contributed by atoms with E-state index in [9.17, 15) is 17.8 Å². The number of carbonyl (C=O) groups excluding carboxylic acids is 1. The largest absolute Gasteiger partial charge is 0.461 e. The van der Waals surface area contributed by atoms with Gasteiger partial charge in [-0.05, 0) is 27.7 Å². The first-order valence-corrected chi connectivity index (χ1v) is 5.26. The summed E-state index contributed by atoms with van der Waals surface area (Å²) in [4.78, 5) is 10.8. The summed E-state index contributed by atoms with van der Waals surface area (Å²) in [7, 11) is -2.59. The van der Waals surface area contributed by atoms with Crippen molar-refractivity contribution in [3.05, 3.63) is 0 Å². The Kier molecular flexibility index (Phi) is 4.17. The molecule has 0 fully saturated rings. The zero-order valence-corrected chi connectivity index (χ0v) is 9.41. The van der Waals surface area contributed by atoms with E-state index in [-0.39, 0.29) is 6.61 Å². The zero-order chi connectivity index (χ0) is 11.6. The maximum absolute atomic E-state index is 13.1. The summed E-state index contributed by atoms with van der Waals surface area (Å²) in [6.07, 6.45) is 0. The smallest absolute Gasteiger partial charge is 0.416 e. The summed E-state index contributed by atoms with van der Waals surface area (Å²) in [6.45, 7) is 5.37. The number of alkyl halides is 2. The van der Waals surface area contributed by atoms with Crippen molar-refractivity contribution in [3.63, 3.8) is 0 Å². The number of esters is 1. The first-order valence-electron chi connectivity index (χ1n) is 4.11. The molecule has 1 atom stereocenters. The first kappa shape index (κ1) is 13.5. The summed E-state index contributed by atoms with van der Waals surface area (Å²) >= 11 is 0. The van der Waals surface area contributed by atoms with Gasteiger partial charge in [0.25, 0.3) is 0 Å². The van der Waals surface area contributed by atoms with Crippen LogP contribution in [0.3, 0.4) is 0 Å². The van der Waals surface area contributed by atoms with Crippen molar-refractivity contribution in [3.8, 4) is 0 Å². The van der Waals surface area contributed by atoms with Gasteiger partial charge in [-0.2, -0.15) is 8.78 Å². The van der Waals surface area contributed by atoms with Crippen LogP contribution in [0.15, 0.2) is 0 Å². The molecule has 0 rings (SSSR count). The third kappa shape index (κ3) is 3.01. The summed E-state index contributed by atoms with van der Waals surface area (Å²) in [6, 6.07) is 0. The van der Waals surface area contributed by atoms with Gasteiger partial charge >= 0.3 is 11.2 Å². The van der Waals surface area contributed by atoms with Crippen molar-refractivity contribution in [1.29, 1.82) is 0 Å². The predicted octanol–water partition coefficient (Wildman–Crippen LogP) is 1.69. The number of hydrogen-bond acceptors (Lipinski definition) is 3. The summed E-state index contributed by atoms with van der Waals surface area (Å²) in [5.41, 5.74) is 0. The van der Waals surface area contributed by atoms with E-state index in [0.29, 0.717) is 0 Å². The maximum Gasteiger partial charge on any atom is 0.416 e. The molecule has 0 saturated heterocycles. The molecule has 1 unspecified atom stereocenters. The Morgan fingerprint density at radius 1 is 1.36 bits per heavy atom. The average Bonchev–Trinajstić information content (AvgIpc) is 2.01. The minimum Gasteiger partial charge on any atom is -0.461 e. The fourth-order valence-electron chi connectivity index (χ4n) is 0.675. The number of halogens is 2. The van der Waals surface area contributed by atoms with E-state index in [0.717, 1.165) is 0 Å². The second-order valence-electron chi connectivity index (χ2n) is 3.62. The van der Waals surface area contributed by atoms with Crippen molar-refractivity contribution in [2.75, 3.05) is 6.61 Å². The van der Waals surface area contributed by atoms with Crippen LogP contribution in [-0.2, 0) is 20.3 Å². The van der Waals surface area contributed by atoms with E-state index in [2.05, 4.69) is 4.74 Å². The highest BCUT2D eigenvalue weighted by atomic mass is 32.2. The predicted molar refractivity (Wildman–Crippen MR) is 49.5 cm³/mol. The summed E-state index contributed by atoms with van der Waals surface area (Å²) < 4.78 is 40.5. The normalized spacial score (nSPS) is 15.0. The van der Waals surface area contributed by atoms with Crippen LogP contribution in [0.4, 0.5) is 8.78 Å². The molecule has 0 aliphatic carbocycles. The van der Waals surface area contributed by atoms with E-state index >= 15 is 0 Å². The quantitative estimate of drug-likeness (QED) is 0.690. The van der Waals surface area contributed by atoms with Crippen LogP contribution in [0.2, 0.25) is 0 Å². The molecule has 0 N–H and O–H groups in total. The summed E-state index contributed by atoms with van der Waals surface area (Å²) in [5, 5.41) is -3.94. The number of ether oxygens (including phenoxy) is 1. The molecule has 0 aliphatic rings. The molecule has 84 valence electrons. The molecule has 0 amide bonds. The third-order valence-electron chi connectivity index (χ3n) is 1.30. The van der Waals surface area contributed by atoms with Gasteiger partial charge in [-0.25, -0.2) is 4.79 Å². The lowest BCUT2D eigenvalue weighted by Crippen LogP contribution is -2.43. The average molecular weight is 228 g/mol. The highest BCUT2D eigenvalue weighted by molar-refractivity contribution is 7.88. The second-order valence-corrected chi connectivity index (χ2v) is 5.89. The van der Waals surface area contributed by atoms with Gasteiger partial charge in [-0.3, -0.25) is 4.21 Å². The van der Waals surface area contributed by atoms with Crippen LogP contribution in [0.1, 0.15) is 27.7 Å². The lowest BCUT2D eigenvalue weighted by molar-refractivity contribution is -0.160. The van der Waals surface area contributed by atoms with Gasteiger partial charge in [-0.15, -0.1) is 0 Å². The lowest BCUT2D eigenvalue weighted by atomic mass is 10.3. The molecule has 6 heteroatoms. The van der Waals surface area contributed by atoms with Crippen molar-refractivity contribution in [2.24, 2.45) is 0 Å². The molecular weight excluding hydrogens is 214 g/mol. The Hall–Kier alpha value is -0.520. The van der Waals surface area contributed by atoms with Crippen molar-refractivity contribution < 1.29 is 22.5 Å². The van der Waals surface area contributed by atoms with Crippen molar-refractivity contribution in [1.82, 2.24) is 0 Å². The van der Waals surface area contributed by atoms with Crippen LogP contribution in [-0.4, -0.2) is 26.8 Å². The Balaban J connectivity index is 4.79. The van der Waals surface area contributed by atoms with Gasteiger partial charge in [0.15, 0.2) is 0 Å². The van der Waals surface area contributed by atoms with Gasteiger partial charge in [-0.1, -0.05) is 0 Å². The molecule has 0 aromatic heterocycles. The molecule has 14 heavy (non-hydrogen) atoms. The fourth-order valence-corrected chi connectivity index (χ4v) is 1.65. The number of hydrogen-bond donors (Lipinski definition) is 0. The second kappa shape index (κ2) is 4.33. The molecular formula is C8H14F2O3S. The van der Waals surface area contributed by atoms with E-state index in [1.54, 1.807) is 0 Å². The molecule has 0 radical (unpaired) electrons. The van der Waals surface area contributed by atoms with Crippen LogP contribution in [0, 0.1) is 0 Å². The maximum atomic E-state index is 13.1. The van der Waals surface area contributed by atoms with Crippen LogP contribution in [0.5, 0.6) is 0 Å². The van der Waals surface area contributed by atoms with Crippen LogP contribution in [0.25, 0.3) is 0 Å². The van der Waals surface area contributed by atoms with Gasteiger partial charge < -0.3 is 4.74 Å². The molecule has 3 nitrogen and oxygen atoms in total. The molecule has 0 aromatic rings. The van der Waals surface area contributed by atoms with Crippen molar-refractivity contribution in [2.45, 2.75) is 37.7 Å². The first-order chi connectivity index (χ1) is 6.14. The van der Waals surface area contributed by atoms with Gasteiger partial charge in [0, 0.05) is 4.75 Å². The van der Waals surface area contributed by atoms with E-state index in [4.69, 9.17) is 0 Å². The van der Waals surface area contributed by atoms with Crippen LogP contribution < -0.4 is 0 Å². The van der Waals surface area contributed by atoms with E-state index < -0.39 is 26.8 Å². The van der Waals surface area contributed by atoms with Crippen LogP contribution >= 0.6 is 0 Å². The zero-order valence-electron chi connectivity index (χ0n) is 8.60.